The van der Waals surface area contributed by atoms with Gasteiger partial charge in [-0.3, -0.25) is 4.57 Å². The van der Waals surface area contributed by atoms with E-state index >= 15 is 0 Å². The van der Waals surface area contributed by atoms with Gasteiger partial charge in [0.15, 0.2) is 11.5 Å². The summed E-state index contributed by atoms with van der Waals surface area (Å²) < 4.78 is 13.1. The highest BCUT2D eigenvalue weighted by molar-refractivity contribution is 6.28. The van der Waals surface area contributed by atoms with Crippen LogP contribution in [0.25, 0.3) is 11.2 Å². The number of nitrogens with zero attached hydrogens (tertiary/aromatic N) is 4. The lowest BCUT2D eigenvalue weighted by atomic mass is 9.94. The molecule has 12 heteroatoms. The Morgan fingerprint density at radius 1 is 1.22 bits per heavy atom. The minimum Gasteiger partial charge on any atom is -0.479 e. The average molecular weight is 462 g/mol. The van der Waals surface area contributed by atoms with E-state index in [1.54, 1.807) is 34.9 Å². The van der Waals surface area contributed by atoms with Crippen molar-refractivity contribution in [1.29, 1.82) is 0 Å². The molecule has 1 aromatic carbocycles. The fraction of sp³-hybridized carbons (Fsp3) is 0.350. The van der Waals surface area contributed by atoms with Crippen LogP contribution in [0.5, 0.6) is 0 Å². The molecule has 0 amide bonds. The number of nitrogens with two attached hydrogens (primary N) is 1. The van der Waals surface area contributed by atoms with E-state index in [1.165, 1.54) is 6.33 Å². The number of aromatic nitrogens is 4. The van der Waals surface area contributed by atoms with Crippen LogP contribution in [0.3, 0.4) is 0 Å². The zero-order valence-corrected chi connectivity index (χ0v) is 17.5. The van der Waals surface area contributed by atoms with Crippen molar-refractivity contribution in [1.82, 2.24) is 19.5 Å². The minimum atomic E-state index is -2.43. The van der Waals surface area contributed by atoms with Gasteiger partial charge in [0.1, 0.15) is 11.7 Å². The molecular weight excluding hydrogens is 442 g/mol. The maximum Gasteiger partial charge on any atom is 0.348 e. The first kappa shape index (κ1) is 21.9. The Kier molecular flexibility index (Phi) is 5.96. The van der Waals surface area contributed by atoms with Gasteiger partial charge >= 0.3 is 11.9 Å². The summed E-state index contributed by atoms with van der Waals surface area (Å²) in [6, 6.07) is 8.45. The molecule has 0 spiro atoms. The fourth-order valence-corrected chi connectivity index (χ4v) is 3.84. The number of hydrogen-bond donors (Lipinski definition) is 3. The fourth-order valence-electron chi connectivity index (χ4n) is 3.67. The molecule has 168 valence electrons. The number of fused-ring (bicyclic) bond motifs is 1. The summed E-state index contributed by atoms with van der Waals surface area (Å²) in [6.07, 6.45) is 1.24. The van der Waals surface area contributed by atoms with Crippen LogP contribution in [0, 0.1) is 0 Å². The molecule has 0 aliphatic carbocycles. The molecule has 1 aliphatic heterocycles. The molecule has 1 saturated heterocycles. The van der Waals surface area contributed by atoms with E-state index < -0.39 is 29.9 Å². The highest BCUT2D eigenvalue weighted by Crippen LogP contribution is 2.32. The Balaban J connectivity index is 1.49. The van der Waals surface area contributed by atoms with Crippen molar-refractivity contribution in [3.05, 3.63) is 47.5 Å². The average Bonchev–Trinajstić information content (AvgIpc) is 3.38. The number of anilines is 1. The second-order valence-corrected chi connectivity index (χ2v) is 7.74. The van der Waals surface area contributed by atoms with E-state index in [1.807, 2.05) is 0 Å². The SMILES string of the molecule is Nc1nc(Cl)nc2c1ncn2C1CC[C@@H](COC(Cc2ccccc2)(C(=O)O)C(=O)O)O1. The predicted molar refractivity (Wildman–Crippen MR) is 112 cm³/mol. The second-order valence-electron chi connectivity index (χ2n) is 7.40. The Labute approximate surface area is 186 Å². The molecular formula is C20H20ClN5O6. The van der Waals surface area contributed by atoms with Gasteiger partial charge in [-0.1, -0.05) is 30.3 Å². The molecule has 1 fully saturated rings. The molecule has 0 bridgehead atoms. The van der Waals surface area contributed by atoms with Crippen molar-refractivity contribution < 1.29 is 29.3 Å². The highest BCUT2D eigenvalue weighted by atomic mass is 35.5. The molecule has 2 atom stereocenters. The van der Waals surface area contributed by atoms with Crippen molar-refractivity contribution in [2.75, 3.05) is 12.3 Å². The van der Waals surface area contributed by atoms with Crippen molar-refractivity contribution in [2.45, 2.75) is 37.2 Å². The molecule has 11 nitrogen and oxygen atoms in total. The number of hydrogen-bond acceptors (Lipinski definition) is 8. The number of carbonyl (C=O) groups is 2. The molecule has 4 rings (SSSR count). The maximum atomic E-state index is 11.9. The first-order valence-corrected chi connectivity index (χ1v) is 10.1. The Morgan fingerprint density at radius 2 is 1.94 bits per heavy atom. The summed E-state index contributed by atoms with van der Waals surface area (Å²) in [5.41, 5.74) is 4.72. The number of carboxylic acids is 2. The lowest BCUT2D eigenvalue weighted by Gasteiger charge is -2.27. The summed E-state index contributed by atoms with van der Waals surface area (Å²) in [5.74, 6) is -3.01. The first-order valence-electron chi connectivity index (χ1n) is 9.76. The van der Waals surface area contributed by atoms with E-state index in [0.717, 1.165) is 0 Å². The largest absolute Gasteiger partial charge is 0.479 e. The molecule has 0 saturated carbocycles. The van der Waals surface area contributed by atoms with Crippen LogP contribution in [0.4, 0.5) is 5.82 Å². The van der Waals surface area contributed by atoms with Crippen LogP contribution in [0.15, 0.2) is 36.7 Å². The number of imidazole rings is 1. The number of halogens is 1. The number of aliphatic carboxylic acids is 2. The molecule has 1 unspecified atom stereocenters. The van der Waals surface area contributed by atoms with Gasteiger partial charge in [0.2, 0.25) is 5.28 Å². The van der Waals surface area contributed by atoms with Gasteiger partial charge in [0, 0.05) is 6.42 Å². The third-order valence-corrected chi connectivity index (χ3v) is 5.49. The van der Waals surface area contributed by atoms with Crippen LogP contribution in [0.1, 0.15) is 24.6 Å². The zero-order valence-electron chi connectivity index (χ0n) is 16.7. The van der Waals surface area contributed by atoms with E-state index in [2.05, 4.69) is 15.0 Å². The summed E-state index contributed by atoms with van der Waals surface area (Å²) in [4.78, 5) is 36.1. The van der Waals surface area contributed by atoms with Gasteiger partial charge in [-0.2, -0.15) is 9.97 Å². The standard InChI is InChI=1S/C20H20ClN5O6/c21-19-24-15(22)14-16(25-19)26(10-23-14)13-7-6-12(32-13)9-31-20(17(27)28,18(29)30)8-11-4-2-1-3-5-11/h1-5,10,12-13H,6-9H2,(H,27,28)(H,29,30)(H2,22,24,25)/t12-,13?/m0/s1. The van der Waals surface area contributed by atoms with E-state index in [0.29, 0.717) is 29.6 Å². The van der Waals surface area contributed by atoms with Gasteiger partial charge in [0.25, 0.3) is 5.60 Å². The van der Waals surface area contributed by atoms with Crippen molar-refractivity contribution in [2.24, 2.45) is 0 Å². The van der Waals surface area contributed by atoms with Crippen LogP contribution < -0.4 is 5.73 Å². The second kappa shape index (κ2) is 8.69. The van der Waals surface area contributed by atoms with E-state index in [4.69, 9.17) is 26.8 Å². The summed E-state index contributed by atoms with van der Waals surface area (Å²) in [5, 5.41) is 19.4. The van der Waals surface area contributed by atoms with Crippen molar-refractivity contribution >= 4 is 40.5 Å². The lowest BCUT2D eigenvalue weighted by molar-refractivity contribution is -0.188. The number of nitrogen functional groups attached to an aromatic ring is 1. The smallest absolute Gasteiger partial charge is 0.348 e. The first-order chi connectivity index (χ1) is 15.3. The Bertz CT molecular complexity index is 1140. The van der Waals surface area contributed by atoms with Gasteiger partial charge in [0.05, 0.1) is 19.0 Å². The topological polar surface area (TPSA) is 163 Å². The molecule has 3 heterocycles. The van der Waals surface area contributed by atoms with Crippen LogP contribution >= 0.6 is 11.6 Å². The molecule has 0 radical (unpaired) electrons. The monoisotopic (exact) mass is 461 g/mol. The summed E-state index contributed by atoms with van der Waals surface area (Å²) >= 11 is 5.90. The van der Waals surface area contributed by atoms with E-state index in [-0.39, 0.29) is 24.1 Å². The maximum absolute atomic E-state index is 11.9. The summed E-state index contributed by atoms with van der Waals surface area (Å²) in [7, 11) is 0. The van der Waals surface area contributed by atoms with Crippen molar-refractivity contribution in [3.8, 4) is 0 Å². The number of rotatable bonds is 8. The third-order valence-electron chi connectivity index (χ3n) is 5.32. The van der Waals surface area contributed by atoms with Crippen molar-refractivity contribution in [3.63, 3.8) is 0 Å². The molecule has 3 aromatic rings. The highest BCUT2D eigenvalue weighted by Gasteiger charge is 2.49. The number of carboxylic acid groups (broad SMARTS) is 2. The van der Waals surface area contributed by atoms with Gasteiger partial charge in [-0.05, 0) is 30.0 Å². The zero-order chi connectivity index (χ0) is 22.9. The lowest BCUT2D eigenvalue weighted by Crippen LogP contribution is -2.52. The molecule has 4 N–H and O–H groups in total. The predicted octanol–water partition coefficient (Wildman–Crippen LogP) is 1.91. The van der Waals surface area contributed by atoms with Gasteiger partial charge < -0.3 is 25.4 Å². The number of benzene rings is 1. The number of ether oxygens (including phenoxy) is 2. The van der Waals surface area contributed by atoms with Crippen LogP contribution in [0.2, 0.25) is 5.28 Å². The van der Waals surface area contributed by atoms with Gasteiger partial charge in [-0.25, -0.2) is 14.6 Å². The van der Waals surface area contributed by atoms with Crippen LogP contribution in [-0.2, 0) is 25.5 Å². The van der Waals surface area contributed by atoms with Crippen LogP contribution in [-0.4, -0.2) is 60.0 Å². The quantitative estimate of drug-likeness (QED) is 0.333. The van der Waals surface area contributed by atoms with E-state index in [9.17, 15) is 19.8 Å². The molecule has 1 aliphatic rings. The normalized spacial score (nSPS) is 18.8. The minimum absolute atomic E-state index is 0.0248. The Morgan fingerprint density at radius 3 is 2.62 bits per heavy atom. The van der Waals surface area contributed by atoms with Gasteiger partial charge in [-0.15, -0.1) is 0 Å². The summed E-state index contributed by atoms with van der Waals surface area (Å²) in [6.45, 7) is -0.216. The Hall–Kier alpha value is -3.28. The molecule has 32 heavy (non-hydrogen) atoms. The molecule has 2 aromatic heterocycles. The third kappa shape index (κ3) is 4.09.